The summed E-state index contributed by atoms with van der Waals surface area (Å²) < 4.78 is 19.5. The molecule has 0 fully saturated rings. The van der Waals surface area contributed by atoms with Gasteiger partial charge in [0.15, 0.2) is 17.1 Å². The lowest BCUT2D eigenvalue weighted by Gasteiger charge is -2.20. The maximum absolute atomic E-state index is 13.8. The molecule has 0 saturated heterocycles. The Morgan fingerprint density at radius 1 is 1.12 bits per heavy atom. The van der Waals surface area contributed by atoms with E-state index in [4.69, 9.17) is 16.0 Å². The Hall–Kier alpha value is -2.24. The number of aromatic nitrogens is 1. The van der Waals surface area contributed by atoms with E-state index in [-0.39, 0.29) is 22.0 Å². The second-order valence-corrected chi connectivity index (χ2v) is 11.3. The van der Waals surface area contributed by atoms with Gasteiger partial charge in [0.25, 0.3) is 0 Å². The van der Waals surface area contributed by atoms with Crippen molar-refractivity contribution in [3.05, 3.63) is 52.5 Å². The average molecular weight is 489 g/mol. The molecule has 1 aromatic carbocycles. The fourth-order valence-electron chi connectivity index (χ4n) is 3.32. The number of unbranched alkanes of at least 4 members (excludes halogenated alkanes) is 1. The molecule has 0 amide bonds. The van der Waals surface area contributed by atoms with Crippen LogP contribution in [0.2, 0.25) is 5.02 Å². The highest BCUT2D eigenvalue weighted by Gasteiger charge is 2.23. The summed E-state index contributed by atoms with van der Waals surface area (Å²) in [6.07, 6.45) is 2.59. The van der Waals surface area contributed by atoms with E-state index in [9.17, 15) is 9.18 Å². The number of rotatable bonds is 6. The molecule has 34 heavy (non-hydrogen) atoms. The van der Waals surface area contributed by atoms with Crippen LogP contribution in [0.1, 0.15) is 84.3 Å². The number of hydrogen-bond acceptors (Lipinski definition) is 4. The zero-order valence-corrected chi connectivity index (χ0v) is 22.5. The Morgan fingerprint density at radius 2 is 1.79 bits per heavy atom. The van der Waals surface area contributed by atoms with Crippen LogP contribution < -0.4 is 5.32 Å². The van der Waals surface area contributed by atoms with Crippen molar-refractivity contribution in [1.29, 1.82) is 0 Å². The molecule has 6 heteroatoms. The Morgan fingerprint density at radius 3 is 2.32 bits per heavy atom. The van der Waals surface area contributed by atoms with E-state index >= 15 is 0 Å². The Labute approximate surface area is 208 Å². The number of pyridine rings is 1. The summed E-state index contributed by atoms with van der Waals surface area (Å²) in [5, 5.41) is 3.49. The second-order valence-electron chi connectivity index (χ2n) is 10.9. The van der Waals surface area contributed by atoms with Crippen LogP contribution in [0.25, 0.3) is 22.4 Å². The SMILES string of the molecule is CC(=O)c1cc2nc(-c3ccc(Cl)c(F)c3)cc(C(C)(C)C)c2o1.CCCCNCC(C)(C)C. The molecule has 1 N–H and O–H groups in total. The van der Waals surface area contributed by atoms with E-state index < -0.39 is 5.82 Å². The Balaban J connectivity index is 0.000000347. The maximum atomic E-state index is 13.8. The first-order valence-electron chi connectivity index (χ1n) is 11.8. The van der Waals surface area contributed by atoms with Crippen LogP contribution in [0.3, 0.4) is 0 Å². The molecular formula is C28H38ClFN2O2. The Bertz CT molecular complexity index is 1120. The lowest BCUT2D eigenvalue weighted by molar-refractivity contribution is 0.0989. The van der Waals surface area contributed by atoms with Gasteiger partial charge in [0.2, 0.25) is 0 Å². The minimum atomic E-state index is -0.495. The molecular weight excluding hydrogens is 451 g/mol. The monoisotopic (exact) mass is 488 g/mol. The summed E-state index contributed by atoms with van der Waals surface area (Å²) in [6.45, 7) is 18.9. The number of nitrogens with zero attached hydrogens (tertiary/aromatic N) is 1. The number of hydrogen-bond donors (Lipinski definition) is 1. The van der Waals surface area contributed by atoms with Gasteiger partial charge < -0.3 is 9.73 Å². The first kappa shape index (κ1) is 28.0. The van der Waals surface area contributed by atoms with Crippen molar-refractivity contribution in [3.8, 4) is 11.3 Å². The van der Waals surface area contributed by atoms with E-state index in [2.05, 4.69) is 38.0 Å². The molecule has 0 spiro atoms. The van der Waals surface area contributed by atoms with Crippen LogP contribution in [0.15, 0.2) is 34.7 Å². The summed E-state index contributed by atoms with van der Waals surface area (Å²) in [4.78, 5) is 16.2. The van der Waals surface area contributed by atoms with Crippen molar-refractivity contribution < 1.29 is 13.6 Å². The molecule has 0 aliphatic heterocycles. The van der Waals surface area contributed by atoms with Crippen LogP contribution in [-0.2, 0) is 5.41 Å². The van der Waals surface area contributed by atoms with E-state index in [0.29, 0.717) is 27.8 Å². The quantitative estimate of drug-likeness (QED) is 0.280. The van der Waals surface area contributed by atoms with Gasteiger partial charge in [-0.1, -0.05) is 72.6 Å². The number of fused-ring (bicyclic) bond motifs is 1. The van der Waals surface area contributed by atoms with Crippen LogP contribution >= 0.6 is 11.6 Å². The van der Waals surface area contributed by atoms with Crippen molar-refractivity contribution in [2.24, 2.45) is 5.41 Å². The number of benzene rings is 1. The molecule has 2 aromatic heterocycles. The first-order chi connectivity index (χ1) is 15.7. The van der Waals surface area contributed by atoms with Crippen LogP contribution in [-0.4, -0.2) is 23.9 Å². The van der Waals surface area contributed by atoms with Gasteiger partial charge >= 0.3 is 0 Å². The summed E-state index contributed by atoms with van der Waals surface area (Å²) in [5.74, 6) is -0.389. The molecule has 2 heterocycles. The lowest BCUT2D eigenvalue weighted by atomic mass is 9.86. The minimum absolute atomic E-state index is 0.0676. The number of furan rings is 1. The third kappa shape index (κ3) is 7.92. The maximum Gasteiger partial charge on any atom is 0.195 e. The van der Waals surface area contributed by atoms with Gasteiger partial charge in [0, 0.05) is 24.1 Å². The average Bonchev–Trinajstić information content (AvgIpc) is 3.16. The van der Waals surface area contributed by atoms with Gasteiger partial charge in [0.1, 0.15) is 11.3 Å². The predicted molar refractivity (Wildman–Crippen MR) is 140 cm³/mol. The van der Waals surface area contributed by atoms with Crippen LogP contribution in [0.5, 0.6) is 0 Å². The summed E-state index contributed by atoms with van der Waals surface area (Å²) in [7, 11) is 0. The number of halogens is 2. The first-order valence-corrected chi connectivity index (χ1v) is 12.2. The van der Waals surface area contributed by atoms with Crippen LogP contribution in [0, 0.1) is 11.2 Å². The Kier molecular flexibility index (Phi) is 9.44. The highest BCUT2D eigenvalue weighted by molar-refractivity contribution is 6.30. The number of Topliss-reactive ketones (excluding diaryl/α,β-unsaturated/α-hetero) is 1. The van der Waals surface area contributed by atoms with E-state index in [1.54, 1.807) is 12.1 Å². The standard InChI is InChI=1S/C19H17ClFNO2.C9H21N/c1-10(23)17-9-16-18(24-17)12(19(2,3)4)8-15(22-16)11-5-6-13(20)14(21)7-11;1-5-6-7-10-8-9(2,3)4/h5-9H,1-4H3;10H,5-8H2,1-4H3. The molecule has 0 radical (unpaired) electrons. The minimum Gasteiger partial charge on any atom is -0.451 e. The molecule has 0 bridgehead atoms. The number of ketones is 1. The van der Waals surface area contributed by atoms with Gasteiger partial charge in [-0.15, -0.1) is 0 Å². The van der Waals surface area contributed by atoms with E-state index in [1.165, 1.54) is 38.4 Å². The van der Waals surface area contributed by atoms with Crippen molar-refractivity contribution in [3.63, 3.8) is 0 Å². The number of carbonyl (C=O) groups excluding carboxylic acids is 1. The third-order valence-electron chi connectivity index (χ3n) is 5.21. The smallest absolute Gasteiger partial charge is 0.195 e. The highest BCUT2D eigenvalue weighted by Crippen LogP contribution is 2.35. The van der Waals surface area contributed by atoms with E-state index in [0.717, 1.165) is 12.1 Å². The van der Waals surface area contributed by atoms with Crippen molar-refractivity contribution >= 4 is 28.5 Å². The van der Waals surface area contributed by atoms with Gasteiger partial charge in [-0.3, -0.25) is 4.79 Å². The fraction of sp³-hybridized carbons (Fsp3) is 0.500. The highest BCUT2D eigenvalue weighted by atomic mass is 35.5. The van der Waals surface area contributed by atoms with Gasteiger partial charge in [0.05, 0.1) is 10.7 Å². The van der Waals surface area contributed by atoms with Crippen molar-refractivity contribution in [2.45, 2.75) is 73.6 Å². The molecule has 0 atom stereocenters. The molecule has 0 saturated carbocycles. The van der Waals surface area contributed by atoms with Crippen molar-refractivity contribution in [1.82, 2.24) is 10.3 Å². The molecule has 4 nitrogen and oxygen atoms in total. The normalized spacial score (nSPS) is 11.9. The summed E-state index contributed by atoms with van der Waals surface area (Å²) >= 11 is 5.76. The van der Waals surface area contributed by atoms with Gasteiger partial charge in [-0.2, -0.15) is 0 Å². The number of carbonyl (C=O) groups is 1. The number of nitrogens with one attached hydrogen (secondary N) is 1. The zero-order chi connectivity index (χ0) is 25.7. The predicted octanol–water partition coefficient (Wildman–Crippen LogP) is 8.21. The molecule has 186 valence electrons. The lowest BCUT2D eigenvalue weighted by Crippen LogP contribution is -2.27. The largest absolute Gasteiger partial charge is 0.451 e. The third-order valence-corrected chi connectivity index (χ3v) is 5.52. The molecule has 0 unspecified atom stereocenters. The molecule has 3 aromatic rings. The zero-order valence-electron chi connectivity index (χ0n) is 21.7. The molecule has 0 aliphatic rings. The topological polar surface area (TPSA) is 55.1 Å². The molecule has 3 rings (SSSR count). The summed E-state index contributed by atoms with van der Waals surface area (Å²) in [5.41, 5.74) is 3.52. The van der Waals surface area contributed by atoms with E-state index in [1.807, 2.05) is 26.8 Å². The van der Waals surface area contributed by atoms with Gasteiger partial charge in [-0.25, -0.2) is 9.37 Å². The second kappa shape index (κ2) is 11.5. The molecule has 0 aliphatic carbocycles. The van der Waals surface area contributed by atoms with Crippen molar-refractivity contribution in [2.75, 3.05) is 13.1 Å². The fourth-order valence-corrected chi connectivity index (χ4v) is 3.44. The van der Waals surface area contributed by atoms with Crippen LogP contribution in [0.4, 0.5) is 4.39 Å². The van der Waals surface area contributed by atoms with Gasteiger partial charge in [-0.05, 0) is 48.5 Å². The summed E-state index contributed by atoms with van der Waals surface area (Å²) in [6, 6.07) is 8.08.